The summed E-state index contributed by atoms with van der Waals surface area (Å²) in [5, 5.41) is 10.3. The second kappa shape index (κ2) is 6.22. The predicted molar refractivity (Wildman–Crippen MR) is 83.6 cm³/mol. The number of halogens is 1. The molecule has 2 aromatic carbocycles. The molecule has 0 saturated carbocycles. The van der Waals surface area contributed by atoms with Crippen LogP contribution in [-0.2, 0) is 6.42 Å². The number of hydrogen-bond acceptors (Lipinski definition) is 2. The number of rotatable bonds is 4. The largest absolute Gasteiger partial charge is 0.388 e. The van der Waals surface area contributed by atoms with E-state index in [-0.39, 0.29) is 0 Å². The minimum absolute atomic E-state index is 0.467. The van der Waals surface area contributed by atoms with Gasteiger partial charge in [0.05, 0.1) is 6.10 Å². The van der Waals surface area contributed by atoms with Gasteiger partial charge in [0, 0.05) is 30.7 Å². The first kappa shape index (κ1) is 14.1. The highest BCUT2D eigenvalue weighted by Gasteiger charge is 2.09. The molecule has 0 bridgehead atoms. The molecule has 0 aliphatic heterocycles. The molecule has 2 rings (SSSR count). The fraction of sp³-hybridized carbons (Fsp3) is 0.250. The zero-order valence-electron chi connectivity index (χ0n) is 11.2. The summed E-state index contributed by atoms with van der Waals surface area (Å²) in [5.74, 6) is 0. The molecular weight excluding hydrogens is 302 g/mol. The van der Waals surface area contributed by atoms with Gasteiger partial charge in [-0.05, 0) is 35.4 Å². The van der Waals surface area contributed by atoms with Gasteiger partial charge in [0.2, 0.25) is 0 Å². The molecule has 1 N–H and O–H groups in total. The van der Waals surface area contributed by atoms with E-state index in [9.17, 15) is 5.11 Å². The van der Waals surface area contributed by atoms with E-state index < -0.39 is 6.10 Å². The lowest BCUT2D eigenvalue weighted by Gasteiger charge is -2.15. The SMILES string of the molecule is CN(C)c1ccc(C(O)Cc2cccc(Br)c2)cc1. The molecule has 0 saturated heterocycles. The normalized spacial score (nSPS) is 12.2. The average Bonchev–Trinajstić information content (AvgIpc) is 2.39. The van der Waals surface area contributed by atoms with Crippen LogP contribution in [0.15, 0.2) is 53.0 Å². The van der Waals surface area contributed by atoms with E-state index in [0.717, 1.165) is 21.3 Å². The predicted octanol–water partition coefficient (Wildman–Crippen LogP) is 3.79. The lowest BCUT2D eigenvalue weighted by atomic mass is 10.0. The number of benzene rings is 2. The lowest BCUT2D eigenvalue weighted by molar-refractivity contribution is 0.178. The quantitative estimate of drug-likeness (QED) is 0.926. The Morgan fingerprint density at radius 3 is 2.37 bits per heavy atom. The van der Waals surface area contributed by atoms with Crippen LogP contribution in [0, 0.1) is 0 Å². The molecule has 0 aromatic heterocycles. The molecule has 3 heteroatoms. The van der Waals surface area contributed by atoms with Gasteiger partial charge in [0.25, 0.3) is 0 Å². The zero-order chi connectivity index (χ0) is 13.8. The van der Waals surface area contributed by atoms with Gasteiger partial charge in [0.15, 0.2) is 0 Å². The van der Waals surface area contributed by atoms with E-state index in [2.05, 4.69) is 15.9 Å². The average molecular weight is 320 g/mol. The van der Waals surface area contributed by atoms with Gasteiger partial charge in [-0.3, -0.25) is 0 Å². The van der Waals surface area contributed by atoms with Gasteiger partial charge in [-0.2, -0.15) is 0 Å². The highest BCUT2D eigenvalue weighted by atomic mass is 79.9. The van der Waals surface area contributed by atoms with Gasteiger partial charge >= 0.3 is 0 Å². The van der Waals surface area contributed by atoms with Gasteiger partial charge < -0.3 is 10.0 Å². The minimum atomic E-state index is -0.467. The number of anilines is 1. The summed E-state index contributed by atoms with van der Waals surface area (Å²) in [6, 6.07) is 16.1. The van der Waals surface area contributed by atoms with E-state index in [4.69, 9.17) is 0 Å². The Kier molecular flexibility index (Phi) is 4.61. The van der Waals surface area contributed by atoms with Crippen molar-refractivity contribution in [3.63, 3.8) is 0 Å². The summed E-state index contributed by atoms with van der Waals surface area (Å²) in [6.45, 7) is 0. The second-order valence-electron chi connectivity index (χ2n) is 4.84. The molecule has 2 nitrogen and oxygen atoms in total. The zero-order valence-corrected chi connectivity index (χ0v) is 12.8. The lowest BCUT2D eigenvalue weighted by Crippen LogP contribution is -2.09. The molecule has 2 aromatic rings. The van der Waals surface area contributed by atoms with Crippen molar-refractivity contribution in [2.75, 3.05) is 19.0 Å². The topological polar surface area (TPSA) is 23.5 Å². The molecule has 0 aliphatic carbocycles. The van der Waals surface area contributed by atoms with Crippen molar-refractivity contribution < 1.29 is 5.11 Å². The molecule has 0 amide bonds. The maximum Gasteiger partial charge on any atom is 0.0830 e. The molecule has 0 heterocycles. The van der Waals surface area contributed by atoms with Crippen LogP contribution in [0.4, 0.5) is 5.69 Å². The van der Waals surface area contributed by atoms with E-state index in [0.29, 0.717) is 6.42 Å². The van der Waals surface area contributed by atoms with Crippen molar-refractivity contribution >= 4 is 21.6 Å². The summed E-state index contributed by atoms with van der Waals surface area (Å²) >= 11 is 3.45. The second-order valence-corrected chi connectivity index (χ2v) is 5.75. The first-order chi connectivity index (χ1) is 9.06. The van der Waals surface area contributed by atoms with Crippen LogP contribution in [0.1, 0.15) is 17.2 Å². The minimum Gasteiger partial charge on any atom is -0.388 e. The molecule has 1 unspecified atom stereocenters. The maximum atomic E-state index is 10.3. The van der Waals surface area contributed by atoms with Gasteiger partial charge in [-0.15, -0.1) is 0 Å². The van der Waals surface area contributed by atoms with E-state index in [1.54, 1.807) is 0 Å². The molecule has 0 spiro atoms. The highest BCUT2D eigenvalue weighted by molar-refractivity contribution is 9.10. The van der Waals surface area contributed by atoms with Gasteiger partial charge in [0.1, 0.15) is 0 Å². The van der Waals surface area contributed by atoms with Gasteiger partial charge in [-0.25, -0.2) is 0 Å². The maximum absolute atomic E-state index is 10.3. The standard InChI is InChI=1S/C16H18BrNO/c1-18(2)15-8-6-13(7-9-15)16(19)11-12-4-3-5-14(17)10-12/h3-10,16,19H,11H2,1-2H3. The molecule has 100 valence electrons. The van der Waals surface area contributed by atoms with E-state index in [1.165, 1.54) is 0 Å². The van der Waals surface area contributed by atoms with Gasteiger partial charge in [-0.1, -0.05) is 40.2 Å². The molecule has 0 radical (unpaired) electrons. The third-order valence-corrected chi connectivity index (χ3v) is 3.61. The third-order valence-electron chi connectivity index (χ3n) is 3.11. The van der Waals surface area contributed by atoms with Crippen molar-refractivity contribution in [3.05, 3.63) is 64.1 Å². The molecule has 0 fully saturated rings. The summed E-state index contributed by atoms with van der Waals surface area (Å²) in [4.78, 5) is 2.05. The number of aliphatic hydroxyl groups is 1. The molecular formula is C16H18BrNO. The van der Waals surface area contributed by atoms with Crippen molar-refractivity contribution in [1.29, 1.82) is 0 Å². The highest BCUT2D eigenvalue weighted by Crippen LogP contribution is 2.22. The summed E-state index contributed by atoms with van der Waals surface area (Å²) in [5.41, 5.74) is 3.21. The fourth-order valence-corrected chi connectivity index (χ4v) is 2.45. The van der Waals surface area contributed by atoms with Crippen LogP contribution in [0.2, 0.25) is 0 Å². The first-order valence-corrected chi connectivity index (χ1v) is 7.05. The number of nitrogens with zero attached hydrogens (tertiary/aromatic N) is 1. The smallest absolute Gasteiger partial charge is 0.0830 e. The molecule has 0 aliphatic rings. The van der Waals surface area contributed by atoms with Crippen molar-refractivity contribution in [2.24, 2.45) is 0 Å². The molecule has 19 heavy (non-hydrogen) atoms. The Morgan fingerprint density at radius 1 is 1.11 bits per heavy atom. The Bertz CT molecular complexity index is 537. The van der Waals surface area contributed by atoms with Crippen LogP contribution in [0.25, 0.3) is 0 Å². The monoisotopic (exact) mass is 319 g/mol. The summed E-state index contributed by atoms with van der Waals surface area (Å²) in [7, 11) is 4.01. The Labute approximate surface area is 122 Å². The molecule has 1 atom stereocenters. The van der Waals surface area contributed by atoms with Crippen LogP contribution in [0.5, 0.6) is 0 Å². The Morgan fingerprint density at radius 2 is 1.79 bits per heavy atom. The van der Waals surface area contributed by atoms with Crippen molar-refractivity contribution in [1.82, 2.24) is 0 Å². The third kappa shape index (κ3) is 3.82. The van der Waals surface area contributed by atoms with E-state index in [1.807, 2.05) is 67.5 Å². The summed E-state index contributed by atoms with van der Waals surface area (Å²) < 4.78 is 1.04. The van der Waals surface area contributed by atoms with Crippen LogP contribution in [0.3, 0.4) is 0 Å². The Balaban J connectivity index is 2.09. The van der Waals surface area contributed by atoms with Crippen LogP contribution in [-0.4, -0.2) is 19.2 Å². The number of hydrogen-bond donors (Lipinski definition) is 1. The van der Waals surface area contributed by atoms with Crippen LogP contribution >= 0.6 is 15.9 Å². The Hall–Kier alpha value is -1.32. The van der Waals surface area contributed by atoms with Crippen molar-refractivity contribution in [2.45, 2.75) is 12.5 Å². The summed E-state index contributed by atoms with van der Waals surface area (Å²) in [6.07, 6.45) is 0.159. The first-order valence-electron chi connectivity index (χ1n) is 6.26. The van der Waals surface area contributed by atoms with E-state index >= 15 is 0 Å². The van der Waals surface area contributed by atoms with Crippen LogP contribution < -0.4 is 4.90 Å². The fourth-order valence-electron chi connectivity index (χ4n) is 2.00. The number of aliphatic hydroxyl groups excluding tert-OH is 1. The van der Waals surface area contributed by atoms with Crippen molar-refractivity contribution in [3.8, 4) is 0 Å².